The van der Waals surface area contributed by atoms with Crippen LogP contribution in [0, 0.1) is 5.92 Å². The first-order chi connectivity index (χ1) is 17.7. The Morgan fingerprint density at radius 3 is 2.51 bits per heavy atom. The summed E-state index contributed by atoms with van der Waals surface area (Å²) >= 11 is 0. The van der Waals surface area contributed by atoms with Crippen molar-refractivity contribution in [2.24, 2.45) is 5.92 Å². The van der Waals surface area contributed by atoms with Crippen LogP contribution in [0.4, 0.5) is 24.7 Å². The van der Waals surface area contributed by atoms with E-state index in [2.05, 4.69) is 35.3 Å². The lowest BCUT2D eigenvalue weighted by atomic mass is 10.1. The molecule has 1 fully saturated rings. The van der Waals surface area contributed by atoms with Gasteiger partial charge >= 0.3 is 12.1 Å². The first-order valence-electron chi connectivity index (χ1n) is 12.3. The molecule has 1 aromatic heterocycles. The molecule has 37 heavy (non-hydrogen) atoms. The summed E-state index contributed by atoms with van der Waals surface area (Å²) in [6.07, 6.45) is -0.280. The number of anilines is 2. The van der Waals surface area contributed by atoms with Crippen LogP contribution in [-0.2, 0) is 19.1 Å². The van der Waals surface area contributed by atoms with E-state index in [1.54, 1.807) is 0 Å². The SMILES string of the molecule is CCc1cccc(C2N(Cc3ccc(C(F)(F)F)cc3)c3cnc(C(=O)O)nc3N2NC(C)C2CC2)c1. The van der Waals surface area contributed by atoms with Gasteiger partial charge in [-0.2, -0.15) is 13.2 Å². The molecule has 5 rings (SSSR count). The number of rotatable bonds is 8. The van der Waals surface area contributed by atoms with Crippen molar-refractivity contribution >= 4 is 17.5 Å². The molecule has 10 heteroatoms. The molecule has 0 amide bonds. The predicted octanol–water partition coefficient (Wildman–Crippen LogP) is 5.58. The number of fused-ring (bicyclic) bond motifs is 1. The third-order valence-corrected chi connectivity index (χ3v) is 6.98. The summed E-state index contributed by atoms with van der Waals surface area (Å²) in [6, 6.07) is 13.3. The van der Waals surface area contributed by atoms with Gasteiger partial charge in [-0.1, -0.05) is 43.3 Å². The van der Waals surface area contributed by atoms with Gasteiger partial charge < -0.3 is 10.0 Å². The molecule has 0 spiro atoms. The molecule has 0 saturated heterocycles. The molecule has 0 radical (unpaired) electrons. The first kappa shape index (κ1) is 25.0. The summed E-state index contributed by atoms with van der Waals surface area (Å²) in [7, 11) is 0. The van der Waals surface area contributed by atoms with Crippen LogP contribution in [0.25, 0.3) is 0 Å². The smallest absolute Gasteiger partial charge is 0.416 e. The van der Waals surface area contributed by atoms with E-state index < -0.39 is 23.9 Å². The number of benzene rings is 2. The maximum Gasteiger partial charge on any atom is 0.416 e. The number of hydrazine groups is 1. The molecule has 2 atom stereocenters. The highest BCUT2D eigenvalue weighted by Gasteiger charge is 2.42. The molecule has 1 saturated carbocycles. The van der Waals surface area contributed by atoms with Gasteiger partial charge in [0.05, 0.1) is 11.8 Å². The lowest BCUT2D eigenvalue weighted by molar-refractivity contribution is -0.137. The Bertz CT molecular complexity index is 1290. The molecule has 2 aromatic carbocycles. The average Bonchev–Trinajstić information content (AvgIpc) is 3.69. The van der Waals surface area contributed by atoms with Gasteiger partial charge in [0.1, 0.15) is 11.9 Å². The van der Waals surface area contributed by atoms with Gasteiger partial charge in [0.25, 0.3) is 0 Å². The number of nitrogens with one attached hydrogen (secondary N) is 1. The molecule has 7 nitrogen and oxygen atoms in total. The zero-order valence-electron chi connectivity index (χ0n) is 20.5. The fourth-order valence-electron chi connectivity index (χ4n) is 4.76. The first-order valence-corrected chi connectivity index (χ1v) is 12.3. The van der Waals surface area contributed by atoms with E-state index in [1.165, 1.54) is 18.3 Å². The number of carboxylic acids is 1. The number of hydrogen-bond acceptors (Lipinski definition) is 6. The predicted molar refractivity (Wildman–Crippen MR) is 133 cm³/mol. The van der Waals surface area contributed by atoms with Crippen molar-refractivity contribution in [3.8, 4) is 0 Å². The quantitative estimate of drug-likeness (QED) is 0.408. The zero-order valence-corrected chi connectivity index (χ0v) is 20.5. The molecule has 2 aliphatic rings. The number of carbonyl (C=O) groups is 1. The van der Waals surface area contributed by atoms with Gasteiger partial charge in [-0.15, -0.1) is 0 Å². The largest absolute Gasteiger partial charge is 0.475 e. The average molecular weight is 512 g/mol. The molecule has 194 valence electrons. The van der Waals surface area contributed by atoms with Crippen LogP contribution in [0.3, 0.4) is 0 Å². The van der Waals surface area contributed by atoms with E-state index in [4.69, 9.17) is 0 Å². The minimum atomic E-state index is -4.41. The highest BCUT2D eigenvalue weighted by atomic mass is 19.4. The summed E-state index contributed by atoms with van der Waals surface area (Å²) in [5.74, 6) is -0.611. The fourth-order valence-corrected chi connectivity index (χ4v) is 4.76. The molecular weight excluding hydrogens is 483 g/mol. The van der Waals surface area contributed by atoms with Crippen molar-refractivity contribution in [2.45, 2.75) is 58.0 Å². The van der Waals surface area contributed by atoms with Crippen molar-refractivity contribution < 1.29 is 23.1 Å². The molecule has 2 heterocycles. The van der Waals surface area contributed by atoms with Gasteiger partial charge in [-0.25, -0.2) is 20.2 Å². The van der Waals surface area contributed by atoms with Crippen molar-refractivity contribution in [1.82, 2.24) is 15.4 Å². The lowest BCUT2D eigenvalue weighted by Gasteiger charge is -2.35. The van der Waals surface area contributed by atoms with Gasteiger partial charge in [0, 0.05) is 12.6 Å². The zero-order chi connectivity index (χ0) is 26.3. The Morgan fingerprint density at radius 2 is 1.89 bits per heavy atom. The third kappa shape index (κ3) is 5.11. The summed E-state index contributed by atoms with van der Waals surface area (Å²) in [4.78, 5) is 22.1. The van der Waals surface area contributed by atoms with E-state index in [0.29, 0.717) is 23.0 Å². The van der Waals surface area contributed by atoms with Gasteiger partial charge in [-0.3, -0.25) is 5.01 Å². The monoisotopic (exact) mass is 511 g/mol. The van der Waals surface area contributed by atoms with Crippen LogP contribution >= 0.6 is 0 Å². The Labute approximate surface area is 212 Å². The summed E-state index contributed by atoms with van der Waals surface area (Å²) in [5.41, 5.74) is 6.22. The summed E-state index contributed by atoms with van der Waals surface area (Å²) < 4.78 is 39.4. The number of aryl methyl sites for hydroxylation is 1. The lowest BCUT2D eigenvalue weighted by Crippen LogP contribution is -2.48. The molecular formula is C27H28F3N5O2. The van der Waals surface area contributed by atoms with Crippen molar-refractivity contribution in [3.63, 3.8) is 0 Å². The Kier molecular flexibility index (Phi) is 6.53. The number of alkyl halides is 3. The van der Waals surface area contributed by atoms with Crippen molar-refractivity contribution in [1.29, 1.82) is 0 Å². The van der Waals surface area contributed by atoms with Gasteiger partial charge in [-0.05, 0) is 60.9 Å². The van der Waals surface area contributed by atoms with Gasteiger partial charge in [0.15, 0.2) is 5.82 Å². The summed E-state index contributed by atoms with van der Waals surface area (Å²) in [5, 5.41) is 11.5. The second-order valence-electron chi connectivity index (χ2n) is 9.63. The number of aromatic nitrogens is 2. The fraction of sp³-hybridized carbons (Fsp3) is 0.370. The molecule has 1 aliphatic heterocycles. The Balaban J connectivity index is 1.59. The molecule has 0 bridgehead atoms. The van der Waals surface area contributed by atoms with Crippen LogP contribution in [0.5, 0.6) is 0 Å². The maximum absolute atomic E-state index is 13.1. The topological polar surface area (TPSA) is 81.6 Å². The van der Waals surface area contributed by atoms with Crippen molar-refractivity contribution in [3.05, 3.63) is 82.8 Å². The minimum absolute atomic E-state index is 0.124. The standard InChI is InChI=1S/C27H28F3N5O2/c1-3-17-5-4-6-20(13-17)25-34(15-18-7-11-21(12-8-18)27(28,29)30)22-14-31-23(26(36)37)32-24(22)35(25)33-16(2)19-9-10-19/h4-8,11-14,16,19,25,33H,3,9-10,15H2,1-2H3,(H,36,37). The Morgan fingerprint density at radius 1 is 1.16 bits per heavy atom. The van der Waals surface area contributed by atoms with E-state index in [9.17, 15) is 23.1 Å². The van der Waals surface area contributed by atoms with E-state index in [1.807, 2.05) is 28.1 Å². The molecule has 3 aromatic rings. The second kappa shape index (κ2) is 9.66. The number of carboxylic acid groups (broad SMARTS) is 1. The molecule has 1 aliphatic carbocycles. The molecule has 2 unspecified atom stereocenters. The van der Waals surface area contributed by atoms with Crippen LogP contribution in [0.1, 0.15) is 65.7 Å². The van der Waals surface area contributed by atoms with Crippen LogP contribution in [-0.4, -0.2) is 27.1 Å². The van der Waals surface area contributed by atoms with E-state index >= 15 is 0 Å². The number of aromatic carboxylic acids is 1. The Hall–Kier alpha value is -3.66. The molecule has 2 N–H and O–H groups in total. The number of halogens is 3. The van der Waals surface area contributed by atoms with E-state index in [-0.39, 0.29) is 18.4 Å². The van der Waals surface area contributed by atoms with Crippen LogP contribution in [0.2, 0.25) is 0 Å². The van der Waals surface area contributed by atoms with Crippen molar-refractivity contribution in [2.75, 3.05) is 9.91 Å². The van der Waals surface area contributed by atoms with E-state index in [0.717, 1.165) is 42.5 Å². The highest BCUT2D eigenvalue weighted by Crippen LogP contribution is 2.46. The second-order valence-corrected chi connectivity index (χ2v) is 9.63. The van der Waals surface area contributed by atoms with Gasteiger partial charge in [0.2, 0.25) is 5.82 Å². The highest BCUT2D eigenvalue weighted by molar-refractivity contribution is 5.85. The van der Waals surface area contributed by atoms with Crippen LogP contribution < -0.4 is 15.3 Å². The third-order valence-electron chi connectivity index (χ3n) is 6.98. The number of nitrogens with zero attached hydrogens (tertiary/aromatic N) is 4. The number of hydrogen-bond donors (Lipinski definition) is 2. The minimum Gasteiger partial charge on any atom is -0.475 e. The summed E-state index contributed by atoms with van der Waals surface area (Å²) in [6.45, 7) is 4.44. The maximum atomic E-state index is 13.1. The normalized spacial score (nSPS) is 18.1. The van der Waals surface area contributed by atoms with Crippen LogP contribution in [0.15, 0.2) is 54.7 Å².